The molecule has 2 aromatic rings. The zero-order chi connectivity index (χ0) is 16.1. The Labute approximate surface area is 135 Å². The molecule has 1 aliphatic rings. The van der Waals surface area contributed by atoms with Gasteiger partial charge in [0.05, 0.1) is 17.7 Å². The van der Waals surface area contributed by atoms with E-state index in [1.54, 1.807) is 18.5 Å². The minimum atomic E-state index is -0.131. The second kappa shape index (κ2) is 7.48. The Bertz CT molecular complexity index is 671. The van der Waals surface area contributed by atoms with E-state index < -0.39 is 0 Å². The molecule has 0 spiro atoms. The molecule has 0 bridgehead atoms. The zero-order valence-corrected chi connectivity index (χ0v) is 13.1. The van der Waals surface area contributed by atoms with Crippen molar-refractivity contribution in [3.8, 4) is 0 Å². The van der Waals surface area contributed by atoms with Crippen LogP contribution in [0.15, 0.2) is 30.6 Å². The van der Waals surface area contributed by atoms with Gasteiger partial charge in [-0.25, -0.2) is 0 Å². The van der Waals surface area contributed by atoms with E-state index in [-0.39, 0.29) is 18.6 Å². The molecule has 2 N–H and O–H groups in total. The van der Waals surface area contributed by atoms with Gasteiger partial charge in [0.2, 0.25) is 0 Å². The zero-order valence-electron chi connectivity index (χ0n) is 13.1. The standard InChI is InChI=1S/C17H22N4O2/c22-12-13-4-1-2-10-21(13)11-9-20-17(23)14-5-3-6-15-16(14)19-8-7-18-15/h3,5-8,13,22H,1-2,4,9-12H2,(H,20,23)/t13-/m1/s1. The van der Waals surface area contributed by atoms with Gasteiger partial charge in [0, 0.05) is 31.5 Å². The van der Waals surface area contributed by atoms with E-state index in [4.69, 9.17) is 0 Å². The van der Waals surface area contributed by atoms with Gasteiger partial charge >= 0.3 is 0 Å². The normalized spacial score (nSPS) is 18.9. The lowest BCUT2D eigenvalue weighted by atomic mass is 10.0. The number of carbonyl (C=O) groups excluding carboxylic acids is 1. The van der Waals surface area contributed by atoms with Crippen LogP contribution in [0, 0.1) is 0 Å². The molecular formula is C17H22N4O2. The van der Waals surface area contributed by atoms with E-state index in [2.05, 4.69) is 20.2 Å². The lowest BCUT2D eigenvalue weighted by Crippen LogP contribution is -2.45. The van der Waals surface area contributed by atoms with Crippen LogP contribution in [-0.4, -0.2) is 58.2 Å². The number of fused-ring (bicyclic) bond motifs is 1. The van der Waals surface area contributed by atoms with Crippen LogP contribution in [0.1, 0.15) is 29.6 Å². The largest absolute Gasteiger partial charge is 0.395 e. The molecule has 1 atom stereocenters. The number of nitrogens with zero attached hydrogens (tertiary/aromatic N) is 3. The molecule has 0 radical (unpaired) electrons. The summed E-state index contributed by atoms with van der Waals surface area (Å²) in [6.45, 7) is 2.49. The average Bonchev–Trinajstić information content (AvgIpc) is 2.61. The highest BCUT2D eigenvalue weighted by Crippen LogP contribution is 2.16. The average molecular weight is 314 g/mol. The van der Waals surface area contributed by atoms with E-state index in [1.807, 2.05) is 12.1 Å². The fraction of sp³-hybridized carbons (Fsp3) is 0.471. The Morgan fingerprint density at radius 3 is 3.04 bits per heavy atom. The number of aliphatic hydroxyl groups is 1. The van der Waals surface area contributed by atoms with Crippen molar-refractivity contribution in [3.05, 3.63) is 36.2 Å². The number of likely N-dealkylation sites (tertiary alicyclic amines) is 1. The monoisotopic (exact) mass is 314 g/mol. The smallest absolute Gasteiger partial charge is 0.253 e. The summed E-state index contributed by atoms with van der Waals surface area (Å²) >= 11 is 0. The van der Waals surface area contributed by atoms with Crippen LogP contribution in [0.25, 0.3) is 11.0 Å². The summed E-state index contributed by atoms with van der Waals surface area (Å²) in [5.41, 5.74) is 1.89. The number of hydrogen-bond acceptors (Lipinski definition) is 5. The summed E-state index contributed by atoms with van der Waals surface area (Å²) in [6, 6.07) is 5.66. The fourth-order valence-electron chi connectivity index (χ4n) is 3.15. The van der Waals surface area contributed by atoms with Gasteiger partial charge in [-0.05, 0) is 31.5 Å². The summed E-state index contributed by atoms with van der Waals surface area (Å²) in [5.74, 6) is -0.131. The molecule has 0 aliphatic carbocycles. The molecule has 3 rings (SSSR count). The van der Waals surface area contributed by atoms with Gasteiger partial charge < -0.3 is 10.4 Å². The number of carbonyl (C=O) groups is 1. The minimum absolute atomic E-state index is 0.131. The number of piperidine rings is 1. The van der Waals surface area contributed by atoms with E-state index >= 15 is 0 Å². The Hall–Kier alpha value is -2.05. The number of aliphatic hydroxyl groups excluding tert-OH is 1. The molecule has 6 heteroatoms. The number of benzene rings is 1. The topological polar surface area (TPSA) is 78.4 Å². The molecule has 0 saturated carbocycles. The maximum atomic E-state index is 12.4. The van der Waals surface area contributed by atoms with Crippen LogP contribution < -0.4 is 5.32 Å². The highest BCUT2D eigenvalue weighted by atomic mass is 16.3. The van der Waals surface area contributed by atoms with E-state index in [1.165, 1.54) is 6.42 Å². The molecule has 1 amide bonds. The molecule has 1 saturated heterocycles. The molecule has 1 fully saturated rings. The number of para-hydroxylation sites is 1. The second-order valence-corrected chi connectivity index (χ2v) is 5.85. The molecular weight excluding hydrogens is 292 g/mol. The van der Waals surface area contributed by atoms with Crippen LogP contribution in [-0.2, 0) is 0 Å². The number of hydrogen-bond donors (Lipinski definition) is 2. The molecule has 1 aliphatic heterocycles. The van der Waals surface area contributed by atoms with Crippen LogP contribution in [0.5, 0.6) is 0 Å². The van der Waals surface area contributed by atoms with Crippen molar-refractivity contribution < 1.29 is 9.90 Å². The summed E-state index contributed by atoms with van der Waals surface area (Å²) in [6.07, 6.45) is 6.57. The van der Waals surface area contributed by atoms with E-state index in [0.717, 1.165) is 31.4 Å². The van der Waals surface area contributed by atoms with Gasteiger partial charge in [-0.3, -0.25) is 19.7 Å². The number of aromatic nitrogens is 2. The lowest BCUT2D eigenvalue weighted by Gasteiger charge is -2.34. The van der Waals surface area contributed by atoms with Gasteiger partial charge in [-0.1, -0.05) is 12.5 Å². The summed E-state index contributed by atoms with van der Waals surface area (Å²) in [7, 11) is 0. The summed E-state index contributed by atoms with van der Waals surface area (Å²) < 4.78 is 0. The van der Waals surface area contributed by atoms with Crippen molar-refractivity contribution in [3.63, 3.8) is 0 Å². The second-order valence-electron chi connectivity index (χ2n) is 5.85. The maximum Gasteiger partial charge on any atom is 0.253 e. The van der Waals surface area contributed by atoms with Crippen LogP contribution in [0.4, 0.5) is 0 Å². The minimum Gasteiger partial charge on any atom is -0.395 e. The predicted octanol–water partition coefficient (Wildman–Crippen LogP) is 1.21. The van der Waals surface area contributed by atoms with Gasteiger partial charge in [-0.2, -0.15) is 0 Å². The third-order valence-electron chi connectivity index (χ3n) is 4.39. The van der Waals surface area contributed by atoms with Crippen molar-refractivity contribution in [1.82, 2.24) is 20.2 Å². The quantitative estimate of drug-likeness (QED) is 0.867. The third kappa shape index (κ3) is 3.65. The highest BCUT2D eigenvalue weighted by molar-refractivity contribution is 6.04. The van der Waals surface area contributed by atoms with Crippen LogP contribution >= 0.6 is 0 Å². The third-order valence-corrected chi connectivity index (χ3v) is 4.39. The Morgan fingerprint density at radius 2 is 2.17 bits per heavy atom. The highest BCUT2D eigenvalue weighted by Gasteiger charge is 2.21. The van der Waals surface area contributed by atoms with Gasteiger partial charge in [0.15, 0.2) is 0 Å². The maximum absolute atomic E-state index is 12.4. The lowest BCUT2D eigenvalue weighted by molar-refractivity contribution is 0.0850. The number of rotatable bonds is 5. The Kier molecular flexibility index (Phi) is 5.15. The first-order valence-corrected chi connectivity index (χ1v) is 8.12. The molecule has 1 aromatic heterocycles. The van der Waals surface area contributed by atoms with Gasteiger partial charge in [0.25, 0.3) is 5.91 Å². The molecule has 1 aromatic carbocycles. The first-order valence-electron chi connectivity index (χ1n) is 8.12. The first-order chi connectivity index (χ1) is 11.3. The Balaban J connectivity index is 1.60. The van der Waals surface area contributed by atoms with Crippen molar-refractivity contribution in [2.24, 2.45) is 0 Å². The first kappa shape index (κ1) is 15.8. The van der Waals surface area contributed by atoms with Gasteiger partial charge in [0.1, 0.15) is 5.52 Å². The van der Waals surface area contributed by atoms with Crippen LogP contribution in [0.2, 0.25) is 0 Å². The van der Waals surface area contributed by atoms with E-state index in [9.17, 15) is 9.90 Å². The summed E-state index contributed by atoms with van der Waals surface area (Å²) in [4.78, 5) is 23.1. The van der Waals surface area contributed by atoms with Crippen molar-refractivity contribution in [2.75, 3.05) is 26.2 Å². The fourth-order valence-corrected chi connectivity index (χ4v) is 3.15. The SMILES string of the molecule is O=C(NCCN1CCCC[C@@H]1CO)c1cccc2nccnc12. The molecule has 2 heterocycles. The van der Waals surface area contributed by atoms with Crippen LogP contribution in [0.3, 0.4) is 0 Å². The molecule has 0 unspecified atom stereocenters. The van der Waals surface area contributed by atoms with Crippen molar-refractivity contribution in [1.29, 1.82) is 0 Å². The van der Waals surface area contributed by atoms with Crippen molar-refractivity contribution >= 4 is 16.9 Å². The molecule has 6 nitrogen and oxygen atoms in total. The Morgan fingerprint density at radius 1 is 1.30 bits per heavy atom. The summed E-state index contributed by atoms with van der Waals surface area (Å²) in [5, 5.41) is 12.4. The predicted molar refractivity (Wildman–Crippen MR) is 88.2 cm³/mol. The number of amides is 1. The molecule has 122 valence electrons. The van der Waals surface area contributed by atoms with Gasteiger partial charge in [-0.15, -0.1) is 0 Å². The number of nitrogens with one attached hydrogen (secondary N) is 1. The molecule has 23 heavy (non-hydrogen) atoms. The van der Waals surface area contributed by atoms with E-state index in [0.29, 0.717) is 17.6 Å². The van der Waals surface area contributed by atoms with Crippen molar-refractivity contribution in [2.45, 2.75) is 25.3 Å².